The minimum absolute atomic E-state index is 0.179. The summed E-state index contributed by atoms with van der Waals surface area (Å²) in [6.07, 6.45) is 16.3. The van der Waals surface area contributed by atoms with Gasteiger partial charge in [-0.3, -0.25) is 0 Å². The standard InChI is InChI=1S/C23H43BO3Si/c1-23(2,3)28(4,5)25-18-12-17-24-26-21(19-13-8-6-9-14-19)22(27-24)20-15-10-7-11-16-20/h12,17,19-22H,6-11,13-16,18H2,1-5H3/b17-12+/t21-,22-/m0/s1. The molecule has 1 aliphatic heterocycles. The van der Waals surface area contributed by atoms with E-state index in [1.54, 1.807) is 0 Å². The van der Waals surface area contributed by atoms with Crippen LogP contribution in [0.5, 0.6) is 0 Å². The van der Waals surface area contributed by atoms with E-state index in [1.165, 1.54) is 64.2 Å². The Hall–Kier alpha value is -0.0982. The molecule has 0 amide bonds. The quantitative estimate of drug-likeness (QED) is 0.469. The van der Waals surface area contributed by atoms with E-state index in [-0.39, 0.29) is 12.2 Å². The van der Waals surface area contributed by atoms with Gasteiger partial charge < -0.3 is 13.7 Å². The van der Waals surface area contributed by atoms with E-state index in [1.807, 2.05) is 0 Å². The van der Waals surface area contributed by atoms with Gasteiger partial charge in [0.15, 0.2) is 8.32 Å². The lowest BCUT2D eigenvalue weighted by Crippen LogP contribution is -2.40. The van der Waals surface area contributed by atoms with Crippen molar-refractivity contribution in [3.05, 3.63) is 12.1 Å². The van der Waals surface area contributed by atoms with E-state index in [0.717, 1.165) is 0 Å². The molecule has 2 saturated carbocycles. The highest BCUT2D eigenvalue weighted by molar-refractivity contribution is 6.74. The first-order valence-electron chi connectivity index (χ1n) is 11.9. The van der Waals surface area contributed by atoms with Crippen LogP contribution in [-0.4, -0.2) is 34.3 Å². The van der Waals surface area contributed by atoms with Crippen molar-refractivity contribution in [2.75, 3.05) is 6.61 Å². The largest absolute Gasteiger partial charge is 0.486 e. The lowest BCUT2D eigenvalue weighted by Gasteiger charge is -2.35. The first-order valence-corrected chi connectivity index (χ1v) is 14.8. The molecule has 0 aromatic carbocycles. The van der Waals surface area contributed by atoms with Crippen LogP contribution in [0.15, 0.2) is 12.1 Å². The van der Waals surface area contributed by atoms with Crippen LogP contribution in [0, 0.1) is 11.8 Å². The molecule has 3 fully saturated rings. The molecule has 160 valence electrons. The Balaban J connectivity index is 1.57. The molecule has 0 aromatic heterocycles. The summed E-state index contributed by atoms with van der Waals surface area (Å²) < 4.78 is 19.3. The highest BCUT2D eigenvalue weighted by Crippen LogP contribution is 2.40. The highest BCUT2D eigenvalue weighted by Gasteiger charge is 2.46. The molecule has 28 heavy (non-hydrogen) atoms. The van der Waals surface area contributed by atoms with Crippen molar-refractivity contribution < 1.29 is 13.7 Å². The van der Waals surface area contributed by atoms with Crippen LogP contribution in [0.3, 0.4) is 0 Å². The summed E-state index contributed by atoms with van der Waals surface area (Å²) in [5, 5.41) is 0.249. The number of hydrogen-bond acceptors (Lipinski definition) is 3. The Morgan fingerprint density at radius 1 is 0.857 bits per heavy atom. The fourth-order valence-corrected chi connectivity index (χ4v) is 5.86. The minimum atomic E-state index is -1.70. The molecule has 3 aliphatic rings. The molecular weight excluding hydrogens is 363 g/mol. The molecule has 3 rings (SSSR count). The van der Waals surface area contributed by atoms with Crippen molar-refractivity contribution in [1.29, 1.82) is 0 Å². The molecule has 0 unspecified atom stereocenters. The van der Waals surface area contributed by atoms with Gasteiger partial charge in [-0.25, -0.2) is 0 Å². The third-order valence-electron chi connectivity index (χ3n) is 7.78. The normalized spacial score (nSPS) is 29.1. The second kappa shape index (κ2) is 9.81. The van der Waals surface area contributed by atoms with Gasteiger partial charge in [0.25, 0.3) is 0 Å². The van der Waals surface area contributed by atoms with E-state index < -0.39 is 8.32 Å². The third kappa shape index (κ3) is 5.74. The van der Waals surface area contributed by atoms with Gasteiger partial charge in [-0.2, -0.15) is 0 Å². The topological polar surface area (TPSA) is 27.7 Å². The fraction of sp³-hybridized carbons (Fsp3) is 0.913. The second-order valence-corrected chi connectivity index (χ2v) is 15.7. The highest BCUT2D eigenvalue weighted by atomic mass is 28.4. The lowest BCUT2D eigenvalue weighted by atomic mass is 9.77. The van der Waals surface area contributed by atoms with E-state index in [2.05, 4.69) is 45.9 Å². The van der Waals surface area contributed by atoms with Crippen LogP contribution in [0.2, 0.25) is 18.1 Å². The maximum Gasteiger partial charge on any atom is 0.486 e. The molecule has 0 aromatic rings. The van der Waals surface area contributed by atoms with E-state index >= 15 is 0 Å². The molecular formula is C23H43BO3Si. The fourth-order valence-electron chi connectivity index (χ4n) is 4.91. The Morgan fingerprint density at radius 3 is 1.75 bits per heavy atom. The summed E-state index contributed by atoms with van der Waals surface area (Å²) in [5.74, 6) is 3.51. The van der Waals surface area contributed by atoms with Crippen molar-refractivity contribution in [3.63, 3.8) is 0 Å². The maximum atomic E-state index is 6.51. The van der Waals surface area contributed by atoms with E-state index in [0.29, 0.717) is 30.7 Å². The lowest BCUT2D eigenvalue weighted by molar-refractivity contribution is 0.0324. The Kier molecular flexibility index (Phi) is 7.91. The molecule has 3 nitrogen and oxygen atoms in total. The Morgan fingerprint density at radius 2 is 1.32 bits per heavy atom. The molecule has 0 radical (unpaired) electrons. The predicted molar refractivity (Wildman–Crippen MR) is 121 cm³/mol. The Bertz CT molecular complexity index is 478. The molecule has 0 N–H and O–H groups in total. The zero-order chi connectivity index (χ0) is 20.2. The first-order chi connectivity index (χ1) is 13.3. The zero-order valence-electron chi connectivity index (χ0n) is 19.0. The average Bonchev–Trinajstić information content (AvgIpc) is 3.10. The van der Waals surface area contributed by atoms with Gasteiger partial charge in [0.1, 0.15) is 0 Å². The summed E-state index contributed by atoms with van der Waals surface area (Å²) in [6.45, 7) is 12.1. The van der Waals surface area contributed by atoms with E-state index in [4.69, 9.17) is 13.7 Å². The molecule has 0 bridgehead atoms. The van der Waals surface area contributed by atoms with Crippen LogP contribution in [-0.2, 0) is 13.7 Å². The number of hydrogen-bond donors (Lipinski definition) is 0. The summed E-state index contributed by atoms with van der Waals surface area (Å²) >= 11 is 0. The molecule has 1 heterocycles. The van der Waals surface area contributed by atoms with Crippen LogP contribution in [0.4, 0.5) is 0 Å². The van der Waals surface area contributed by atoms with Crippen molar-refractivity contribution in [2.45, 2.75) is 115 Å². The van der Waals surface area contributed by atoms with Gasteiger partial charge in [-0.1, -0.05) is 71.3 Å². The van der Waals surface area contributed by atoms with Crippen LogP contribution in [0.1, 0.15) is 85.0 Å². The summed E-state index contributed by atoms with van der Waals surface area (Å²) in [6, 6.07) is 0. The van der Waals surface area contributed by atoms with Gasteiger partial charge in [0.2, 0.25) is 0 Å². The average molecular weight is 406 g/mol. The van der Waals surface area contributed by atoms with Gasteiger partial charge in [0.05, 0.1) is 18.8 Å². The third-order valence-corrected chi connectivity index (χ3v) is 12.3. The first kappa shape index (κ1) is 22.6. The van der Waals surface area contributed by atoms with Crippen molar-refractivity contribution in [2.24, 2.45) is 11.8 Å². The van der Waals surface area contributed by atoms with Crippen LogP contribution < -0.4 is 0 Å². The van der Waals surface area contributed by atoms with Gasteiger partial charge in [-0.05, 0) is 55.7 Å². The van der Waals surface area contributed by atoms with Crippen molar-refractivity contribution in [1.82, 2.24) is 0 Å². The monoisotopic (exact) mass is 406 g/mol. The zero-order valence-corrected chi connectivity index (χ0v) is 20.0. The Labute approximate surface area is 175 Å². The summed E-state index contributed by atoms with van der Waals surface area (Å²) in [4.78, 5) is 0. The van der Waals surface area contributed by atoms with Gasteiger partial charge in [-0.15, -0.1) is 0 Å². The minimum Gasteiger partial charge on any atom is -0.413 e. The van der Waals surface area contributed by atoms with Crippen LogP contribution in [0.25, 0.3) is 0 Å². The predicted octanol–water partition coefficient (Wildman–Crippen LogP) is 6.54. The smallest absolute Gasteiger partial charge is 0.413 e. The van der Waals surface area contributed by atoms with Crippen molar-refractivity contribution >= 4 is 15.4 Å². The molecule has 0 spiro atoms. The second-order valence-electron chi connectivity index (χ2n) is 10.9. The van der Waals surface area contributed by atoms with Crippen LogP contribution >= 0.6 is 0 Å². The maximum absolute atomic E-state index is 6.51. The number of rotatable bonds is 6. The van der Waals surface area contributed by atoms with Gasteiger partial charge in [0, 0.05) is 0 Å². The SMILES string of the molecule is CC(C)(C)[Si](C)(C)OC/C=C/B1O[C@@H](C2CCCCC2)[C@H](C2CCCCC2)O1. The van der Waals surface area contributed by atoms with E-state index in [9.17, 15) is 0 Å². The molecule has 1 saturated heterocycles. The summed E-state index contributed by atoms with van der Waals surface area (Å²) in [7, 11) is -1.87. The summed E-state index contributed by atoms with van der Waals surface area (Å²) in [5.41, 5.74) is 0. The molecule has 5 heteroatoms. The molecule has 2 aliphatic carbocycles. The molecule has 2 atom stereocenters. The van der Waals surface area contributed by atoms with Crippen molar-refractivity contribution in [3.8, 4) is 0 Å². The van der Waals surface area contributed by atoms with Gasteiger partial charge >= 0.3 is 7.12 Å².